The van der Waals surface area contributed by atoms with E-state index in [0.29, 0.717) is 16.7 Å². The zero-order chi connectivity index (χ0) is 30.2. The second-order valence-corrected chi connectivity index (χ2v) is 9.99. The Balaban J connectivity index is 1.48. The first-order chi connectivity index (χ1) is 20.1. The van der Waals surface area contributed by atoms with Crippen molar-refractivity contribution in [1.82, 2.24) is 30.4 Å². The summed E-state index contributed by atoms with van der Waals surface area (Å²) in [7, 11) is 0. The molecule has 0 aliphatic carbocycles. The summed E-state index contributed by atoms with van der Waals surface area (Å²) in [5, 5.41) is 18.5. The van der Waals surface area contributed by atoms with Gasteiger partial charge in [-0.15, -0.1) is 0 Å². The first-order valence-corrected chi connectivity index (χ1v) is 13.6. The van der Waals surface area contributed by atoms with Gasteiger partial charge in [-0.05, 0) is 43.7 Å². The Morgan fingerprint density at radius 2 is 1.90 bits per heavy atom. The van der Waals surface area contributed by atoms with Crippen LogP contribution in [0.1, 0.15) is 29.3 Å². The Morgan fingerprint density at radius 3 is 2.69 bits per heavy atom. The maximum atomic E-state index is 13.2. The average Bonchev–Trinajstić information content (AvgIpc) is 2.97. The third-order valence-corrected chi connectivity index (χ3v) is 6.85. The zero-order valence-electron chi connectivity index (χ0n) is 23.5. The molecule has 0 saturated heterocycles. The van der Waals surface area contributed by atoms with E-state index >= 15 is 0 Å². The van der Waals surface area contributed by atoms with Crippen molar-refractivity contribution >= 4 is 34.5 Å². The number of aromatic nitrogens is 2. The maximum absolute atomic E-state index is 13.2. The van der Waals surface area contributed by atoms with Gasteiger partial charge in [0.05, 0.1) is 36.4 Å². The molecule has 3 aromatic rings. The Labute approximate surface area is 241 Å². The number of amides is 4. The largest absolute Gasteiger partial charge is 0.491 e. The van der Waals surface area contributed by atoms with Crippen molar-refractivity contribution in [3.05, 3.63) is 70.3 Å². The fourth-order valence-electron chi connectivity index (χ4n) is 4.46. The number of hydrogen-bond donors (Lipinski definition) is 4. The van der Waals surface area contributed by atoms with Gasteiger partial charge in [0.2, 0.25) is 17.7 Å². The molecule has 0 unspecified atom stereocenters. The van der Waals surface area contributed by atoms with Gasteiger partial charge in [0.1, 0.15) is 18.4 Å². The van der Waals surface area contributed by atoms with Crippen LogP contribution in [0.25, 0.3) is 10.9 Å². The highest BCUT2D eigenvalue weighted by molar-refractivity contribution is 5.98. The van der Waals surface area contributed by atoms with E-state index in [-0.39, 0.29) is 56.9 Å². The summed E-state index contributed by atoms with van der Waals surface area (Å²) >= 11 is 0. The summed E-state index contributed by atoms with van der Waals surface area (Å²) in [5.41, 5.74) is 1.26. The molecular formula is C29H34N6O7. The number of para-hydroxylation sites is 1. The monoisotopic (exact) mass is 578 g/mol. The molecule has 2 aromatic carbocycles. The normalized spacial score (nSPS) is 17.8. The van der Waals surface area contributed by atoms with E-state index < -0.39 is 35.8 Å². The summed E-state index contributed by atoms with van der Waals surface area (Å²) in [4.78, 5) is 70.0. The van der Waals surface area contributed by atoms with Gasteiger partial charge in [-0.3, -0.25) is 28.5 Å². The van der Waals surface area contributed by atoms with E-state index in [9.17, 15) is 29.1 Å². The number of aliphatic hydroxyl groups excluding tert-OH is 1. The van der Waals surface area contributed by atoms with Crippen LogP contribution in [0.15, 0.2) is 53.6 Å². The third kappa shape index (κ3) is 7.49. The Morgan fingerprint density at radius 1 is 1.12 bits per heavy atom. The lowest BCUT2D eigenvalue weighted by molar-refractivity contribution is -0.136. The van der Waals surface area contributed by atoms with Gasteiger partial charge in [-0.25, -0.2) is 4.98 Å². The molecule has 4 amide bonds. The molecule has 2 heterocycles. The smallest absolute Gasteiger partial charge is 0.261 e. The molecule has 4 N–H and O–H groups in total. The van der Waals surface area contributed by atoms with Crippen LogP contribution in [0.3, 0.4) is 0 Å². The van der Waals surface area contributed by atoms with Crippen LogP contribution in [0.2, 0.25) is 0 Å². The van der Waals surface area contributed by atoms with Crippen LogP contribution < -0.4 is 26.2 Å². The Hall–Kier alpha value is -4.78. The van der Waals surface area contributed by atoms with Crippen LogP contribution in [0.4, 0.5) is 0 Å². The molecule has 0 saturated carbocycles. The third-order valence-electron chi connectivity index (χ3n) is 6.85. The highest BCUT2D eigenvalue weighted by atomic mass is 16.5. The topological polar surface area (TPSA) is 172 Å². The van der Waals surface area contributed by atoms with Gasteiger partial charge in [0.25, 0.3) is 11.5 Å². The summed E-state index contributed by atoms with van der Waals surface area (Å²) in [6.07, 6.45) is 0.0735. The molecule has 1 aromatic heterocycles. The number of carbonyl (C=O) groups excluding carboxylic acids is 4. The molecule has 2 bridgehead atoms. The molecule has 1 aliphatic rings. The first-order valence-electron chi connectivity index (χ1n) is 13.6. The number of nitrogens with one attached hydrogen (secondary N) is 3. The number of hydrogen-bond acceptors (Lipinski definition) is 8. The van der Waals surface area contributed by atoms with Crippen LogP contribution in [0, 0.1) is 6.92 Å². The predicted molar refractivity (Wildman–Crippen MR) is 153 cm³/mol. The molecule has 42 heavy (non-hydrogen) atoms. The quantitative estimate of drug-likeness (QED) is 0.328. The molecule has 222 valence electrons. The van der Waals surface area contributed by atoms with Gasteiger partial charge in [0, 0.05) is 31.6 Å². The van der Waals surface area contributed by atoms with Gasteiger partial charge in [0.15, 0.2) is 0 Å². The highest BCUT2D eigenvalue weighted by Gasteiger charge is 2.27. The standard InChI is InChI=1S/C29H34N6O7/c1-18-7-8-20-15-23(18)42-14-11-30-24(37)16-34(13-10-31-28(40)26(19(2)36)33-27(20)39)25(38)9-12-35-17-32-22-6-4-3-5-21(22)29(35)41/h3-8,15,17,19,26,36H,9-14,16H2,1-2H3,(H,30,37)(H,31,40)(H,33,39)/t19-,26+/m1/s1. The van der Waals surface area contributed by atoms with Crippen molar-refractivity contribution in [1.29, 1.82) is 0 Å². The molecule has 13 heteroatoms. The van der Waals surface area contributed by atoms with E-state index in [0.717, 1.165) is 5.56 Å². The van der Waals surface area contributed by atoms with Gasteiger partial charge < -0.3 is 30.7 Å². The fraction of sp³-hybridized carbons (Fsp3) is 0.379. The molecular weight excluding hydrogens is 544 g/mol. The second-order valence-electron chi connectivity index (χ2n) is 9.99. The summed E-state index contributed by atoms with van der Waals surface area (Å²) < 4.78 is 7.10. The number of ether oxygens (including phenoxy) is 1. The Bertz CT molecular complexity index is 1540. The Kier molecular flexibility index (Phi) is 9.86. The molecule has 0 radical (unpaired) electrons. The van der Waals surface area contributed by atoms with Gasteiger partial charge in [-0.2, -0.15) is 0 Å². The van der Waals surface area contributed by atoms with Crippen LogP contribution >= 0.6 is 0 Å². The number of rotatable bonds is 4. The van der Waals surface area contributed by atoms with Crippen molar-refractivity contribution in [3.63, 3.8) is 0 Å². The maximum Gasteiger partial charge on any atom is 0.261 e. The zero-order valence-corrected chi connectivity index (χ0v) is 23.5. The number of aryl methyl sites for hydroxylation is 2. The number of carbonyl (C=O) groups is 4. The second kappa shape index (κ2) is 13.7. The lowest BCUT2D eigenvalue weighted by Crippen LogP contribution is -2.53. The van der Waals surface area contributed by atoms with Crippen molar-refractivity contribution in [2.75, 3.05) is 32.8 Å². The summed E-state index contributed by atoms with van der Waals surface area (Å²) in [6.45, 7) is 3.12. The summed E-state index contributed by atoms with van der Waals surface area (Å²) in [5.74, 6) is -1.66. The molecule has 0 spiro atoms. The fourth-order valence-corrected chi connectivity index (χ4v) is 4.46. The van der Waals surface area contributed by atoms with E-state index in [4.69, 9.17) is 4.74 Å². The minimum absolute atomic E-state index is 0.0280. The van der Waals surface area contributed by atoms with E-state index in [1.807, 2.05) is 0 Å². The van der Waals surface area contributed by atoms with Crippen molar-refractivity contribution in [2.24, 2.45) is 0 Å². The predicted octanol–water partition coefficient (Wildman–Crippen LogP) is -0.272. The minimum Gasteiger partial charge on any atom is -0.491 e. The SMILES string of the molecule is Cc1ccc2cc1OCCNC(=O)CN(C(=O)CCn1cnc3ccccc3c1=O)CCNC(=O)[C@H]([C@@H](C)O)NC2=O. The number of benzene rings is 2. The van der Waals surface area contributed by atoms with Crippen molar-refractivity contribution in [2.45, 2.75) is 39.0 Å². The average molecular weight is 579 g/mol. The van der Waals surface area contributed by atoms with E-state index in [1.54, 1.807) is 43.3 Å². The van der Waals surface area contributed by atoms with Gasteiger partial charge in [-0.1, -0.05) is 18.2 Å². The number of fused-ring (bicyclic) bond motifs is 3. The highest BCUT2D eigenvalue weighted by Crippen LogP contribution is 2.20. The molecule has 4 rings (SSSR count). The van der Waals surface area contributed by atoms with Gasteiger partial charge >= 0.3 is 0 Å². The molecule has 2 atom stereocenters. The van der Waals surface area contributed by atoms with E-state index in [1.165, 1.54) is 28.8 Å². The minimum atomic E-state index is -1.27. The van der Waals surface area contributed by atoms with Crippen LogP contribution in [0.5, 0.6) is 5.75 Å². The van der Waals surface area contributed by atoms with Crippen molar-refractivity contribution < 1.29 is 29.0 Å². The molecule has 1 aliphatic heterocycles. The van der Waals surface area contributed by atoms with E-state index in [2.05, 4.69) is 20.9 Å². The summed E-state index contributed by atoms with van der Waals surface area (Å²) in [6, 6.07) is 10.4. The molecule has 13 nitrogen and oxygen atoms in total. The lowest BCUT2D eigenvalue weighted by atomic mass is 10.1. The lowest BCUT2D eigenvalue weighted by Gasteiger charge is -2.24. The number of nitrogens with zero attached hydrogens (tertiary/aromatic N) is 3. The van der Waals surface area contributed by atoms with Crippen LogP contribution in [-0.4, -0.2) is 88.1 Å². The number of aliphatic hydroxyl groups is 1. The first kappa shape index (κ1) is 30.2. The van der Waals surface area contributed by atoms with Crippen molar-refractivity contribution in [3.8, 4) is 5.75 Å². The molecule has 0 fully saturated rings. The van der Waals surface area contributed by atoms with Crippen LogP contribution in [-0.2, 0) is 20.9 Å².